The molecule has 0 spiro atoms. The quantitative estimate of drug-likeness (QED) is 0.0522. The highest BCUT2D eigenvalue weighted by Crippen LogP contribution is 2.19. The van der Waals surface area contributed by atoms with Crippen LogP contribution in [0, 0.1) is 5.92 Å². The molecule has 0 saturated carbocycles. The average molecular weight is 605 g/mol. The predicted molar refractivity (Wildman–Crippen MR) is 192 cm³/mol. The molecule has 0 aromatic rings. The lowest BCUT2D eigenvalue weighted by Crippen LogP contribution is -2.21. The second-order valence-electron chi connectivity index (χ2n) is 14.1. The molecular formula is C41H80O2. The van der Waals surface area contributed by atoms with Crippen LogP contribution in [-0.4, -0.2) is 11.6 Å². The first kappa shape index (κ1) is 42.3. The molecule has 0 aliphatic heterocycles. The van der Waals surface area contributed by atoms with Crippen LogP contribution in [0.5, 0.6) is 0 Å². The average Bonchev–Trinajstić information content (AvgIpc) is 3.00. The van der Waals surface area contributed by atoms with Crippen LogP contribution in [0.25, 0.3) is 0 Å². The number of hydrogen-bond acceptors (Lipinski definition) is 2. The topological polar surface area (TPSA) is 34.1 Å². The van der Waals surface area contributed by atoms with E-state index in [1.807, 2.05) is 0 Å². The standard InChI is InChI=1S/C41H80O2/c1-4-6-8-10-12-14-16-18-20-21-22-24-25-27-29-31-33-35-37-40(39(3)42)41(43)38-36-34-32-30-28-26-23-19-17-15-13-11-9-7-5-2/h40H,4-38H2,1-3H3. The predicted octanol–water partition coefficient (Wildman–Crippen LogP) is 14.5. The third-order valence-electron chi connectivity index (χ3n) is 9.75. The zero-order chi connectivity index (χ0) is 31.5. The zero-order valence-corrected chi connectivity index (χ0v) is 30.1. The number of hydrogen-bond donors (Lipinski definition) is 0. The van der Waals surface area contributed by atoms with Crippen molar-refractivity contribution >= 4 is 11.6 Å². The molecule has 256 valence electrons. The molecule has 0 heterocycles. The molecule has 0 bridgehead atoms. The fourth-order valence-electron chi connectivity index (χ4n) is 6.69. The molecule has 0 aromatic heterocycles. The Kier molecular flexibility index (Phi) is 35.3. The van der Waals surface area contributed by atoms with Gasteiger partial charge in [0.05, 0.1) is 5.92 Å². The summed E-state index contributed by atoms with van der Waals surface area (Å²) in [5.41, 5.74) is 0. The van der Waals surface area contributed by atoms with Crippen LogP contribution in [0.4, 0.5) is 0 Å². The fourth-order valence-corrected chi connectivity index (χ4v) is 6.69. The van der Waals surface area contributed by atoms with Crippen LogP contribution in [0.15, 0.2) is 0 Å². The third-order valence-corrected chi connectivity index (χ3v) is 9.75. The Labute approximate surface area is 272 Å². The van der Waals surface area contributed by atoms with Crippen molar-refractivity contribution in [2.24, 2.45) is 5.92 Å². The lowest BCUT2D eigenvalue weighted by atomic mass is 9.90. The minimum Gasteiger partial charge on any atom is -0.299 e. The first-order valence-electron chi connectivity index (χ1n) is 20.2. The van der Waals surface area contributed by atoms with E-state index in [-0.39, 0.29) is 17.5 Å². The normalized spacial score (nSPS) is 12.2. The summed E-state index contributed by atoms with van der Waals surface area (Å²) in [6, 6.07) is 0. The SMILES string of the molecule is CCCCCCCCCCCCCCCCCCCCC(C(C)=O)C(=O)CCCCCCCCCCCCCCCCC. The highest BCUT2D eigenvalue weighted by molar-refractivity contribution is 6.01. The monoisotopic (exact) mass is 605 g/mol. The van der Waals surface area contributed by atoms with Crippen LogP contribution in [0.1, 0.15) is 245 Å². The van der Waals surface area contributed by atoms with Crippen LogP contribution < -0.4 is 0 Å². The Morgan fingerprint density at radius 1 is 0.349 bits per heavy atom. The maximum Gasteiger partial charge on any atom is 0.143 e. The molecular weight excluding hydrogens is 524 g/mol. The lowest BCUT2D eigenvalue weighted by molar-refractivity contribution is -0.132. The molecule has 2 heteroatoms. The molecule has 0 saturated heterocycles. The number of rotatable bonds is 37. The van der Waals surface area contributed by atoms with Gasteiger partial charge in [0.15, 0.2) is 0 Å². The summed E-state index contributed by atoms with van der Waals surface area (Å²) >= 11 is 0. The summed E-state index contributed by atoms with van der Waals surface area (Å²) < 4.78 is 0. The Morgan fingerprint density at radius 3 is 0.837 bits per heavy atom. The van der Waals surface area contributed by atoms with Crippen molar-refractivity contribution in [1.29, 1.82) is 0 Å². The minimum absolute atomic E-state index is 0.0953. The van der Waals surface area contributed by atoms with Crippen LogP contribution in [0.3, 0.4) is 0 Å². The van der Waals surface area contributed by atoms with Crippen molar-refractivity contribution < 1.29 is 9.59 Å². The number of carbonyl (C=O) groups is 2. The second kappa shape index (κ2) is 35.8. The first-order chi connectivity index (χ1) is 21.1. The van der Waals surface area contributed by atoms with E-state index in [0.717, 1.165) is 25.7 Å². The Bertz CT molecular complexity index is 568. The van der Waals surface area contributed by atoms with Gasteiger partial charge in [0.2, 0.25) is 0 Å². The maximum absolute atomic E-state index is 12.7. The molecule has 0 fully saturated rings. The Balaban J connectivity index is 3.49. The van der Waals surface area contributed by atoms with E-state index in [1.54, 1.807) is 6.92 Å². The van der Waals surface area contributed by atoms with E-state index in [1.165, 1.54) is 193 Å². The number of unbranched alkanes of at least 4 members (excludes halogenated alkanes) is 31. The van der Waals surface area contributed by atoms with Gasteiger partial charge < -0.3 is 0 Å². The largest absolute Gasteiger partial charge is 0.299 e. The summed E-state index contributed by atoms with van der Waals surface area (Å²) in [6.07, 6.45) is 46.1. The van der Waals surface area contributed by atoms with Gasteiger partial charge in [-0.25, -0.2) is 0 Å². The van der Waals surface area contributed by atoms with E-state index in [0.29, 0.717) is 6.42 Å². The number of carbonyl (C=O) groups excluding carboxylic acids is 2. The van der Waals surface area contributed by atoms with Crippen molar-refractivity contribution in [2.75, 3.05) is 0 Å². The second-order valence-corrected chi connectivity index (χ2v) is 14.1. The van der Waals surface area contributed by atoms with Crippen molar-refractivity contribution in [3.8, 4) is 0 Å². The van der Waals surface area contributed by atoms with Gasteiger partial charge >= 0.3 is 0 Å². The van der Waals surface area contributed by atoms with Gasteiger partial charge in [0.1, 0.15) is 11.6 Å². The van der Waals surface area contributed by atoms with E-state index < -0.39 is 0 Å². The maximum atomic E-state index is 12.7. The van der Waals surface area contributed by atoms with Crippen molar-refractivity contribution in [2.45, 2.75) is 245 Å². The molecule has 1 unspecified atom stereocenters. The molecule has 0 aliphatic rings. The molecule has 0 amide bonds. The fraction of sp³-hybridized carbons (Fsp3) is 0.951. The number of Topliss-reactive ketones (excluding diaryl/α,β-unsaturated/α-hetero) is 2. The van der Waals surface area contributed by atoms with Crippen LogP contribution >= 0.6 is 0 Å². The first-order valence-corrected chi connectivity index (χ1v) is 20.2. The third kappa shape index (κ3) is 32.5. The van der Waals surface area contributed by atoms with E-state index >= 15 is 0 Å². The molecule has 0 rings (SSSR count). The summed E-state index contributed by atoms with van der Waals surface area (Å²) in [7, 11) is 0. The van der Waals surface area contributed by atoms with E-state index in [9.17, 15) is 9.59 Å². The minimum atomic E-state index is -0.326. The summed E-state index contributed by atoms with van der Waals surface area (Å²) in [5, 5.41) is 0. The zero-order valence-electron chi connectivity index (χ0n) is 30.1. The Morgan fingerprint density at radius 2 is 0.581 bits per heavy atom. The Hall–Kier alpha value is -0.660. The van der Waals surface area contributed by atoms with Gasteiger partial charge in [-0.15, -0.1) is 0 Å². The van der Waals surface area contributed by atoms with Crippen molar-refractivity contribution in [3.05, 3.63) is 0 Å². The summed E-state index contributed by atoms with van der Waals surface area (Å²) in [6.45, 7) is 6.21. The lowest BCUT2D eigenvalue weighted by Gasteiger charge is -2.12. The van der Waals surface area contributed by atoms with Gasteiger partial charge in [0, 0.05) is 6.42 Å². The highest BCUT2D eigenvalue weighted by Gasteiger charge is 2.21. The summed E-state index contributed by atoms with van der Waals surface area (Å²) in [4.78, 5) is 24.8. The molecule has 0 N–H and O–H groups in total. The van der Waals surface area contributed by atoms with Gasteiger partial charge in [-0.2, -0.15) is 0 Å². The smallest absolute Gasteiger partial charge is 0.143 e. The molecule has 1 atom stereocenters. The van der Waals surface area contributed by atoms with Gasteiger partial charge in [-0.3, -0.25) is 9.59 Å². The summed E-state index contributed by atoms with van der Waals surface area (Å²) in [5.74, 6) is -0.0141. The molecule has 0 radical (unpaired) electrons. The van der Waals surface area contributed by atoms with Gasteiger partial charge in [0.25, 0.3) is 0 Å². The number of ketones is 2. The highest BCUT2D eigenvalue weighted by atomic mass is 16.1. The van der Waals surface area contributed by atoms with Crippen LogP contribution in [-0.2, 0) is 9.59 Å². The van der Waals surface area contributed by atoms with Gasteiger partial charge in [-0.05, 0) is 19.8 Å². The van der Waals surface area contributed by atoms with E-state index in [2.05, 4.69) is 13.8 Å². The van der Waals surface area contributed by atoms with Crippen molar-refractivity contribution in [1.82, 2.24) is 0 Å². The van der Waals surface area contributed by atoms with Crippen molar-refractivity contribution in [3.63, 3.8) is 0 Å². The molecule has 0 aromatic carbocycles. The molecule has 0 aliphatic carbocycles. The molecule has 2 nitrogen and oxygen atoms in total. The molecule has 43 heavy (non-hydrogen) atoms. The van der Waals surface area contributed by atoms with E-state index in [4.69, 9.17) is 0 Å². The van der Waals surface area contributed by atoms with Crippen LogP contribution in [0.2, 0.25) is 0 Å². The van der Waals surface area contributed by atoms with Gasteiger partial charge in [-0.1, -0.05) is 219 Å².